The molecule has 1 fully saturated rings. The lowest BCUT2D eigenvalue weighted by Crippen LogP contribution is -2.48. The van der Waals surface area contributed by atoms with E-state index in [9.17, 15) is 9.59 Å². The van der Waals surface area contributed by atoms with Crippen LogP contribution in [0, 0.1) is 0 Å². The monoisotopic (exact) mass is 594 g/mol. The van der Waals surface area contributed by atoms with Crippen molar-refractivity contribution < 1.29 is 28.2 Å². The van der Waals surface area contributed by atoms with E-state index in [4.69, 9.17) is 14.8 Å². The first-order valence-corrected chi connectivity index (χ1v) is 14.5. The molecule has 2 N–H and O–H groups in total. The lowest BCUT2D eigenvalue weighted by molar-refractivity contribution is -0.140. The van der Waals surface area contributed by atoms with Crippen LogP contribution < -0.4 is 24.8 Å². The van der Waals surface area contributed by atoms with Crippen LogP contribution in [0.1, 0.15) is 48.9 Å². The highest BCUT2D eigenvalue weighted by Gasteiger charge is 2.49. The number of rotatable bonds is 10. The number of nitrogens with zero attached hydrogens (tertiary/aromatic N) is 5. The van der Waals surface area contributed by atoms with Crippen LogP contribution in [0.15, 0.2) is 54.7 Å². The van der Waals surface area contributed by atoms with Crippen LogP contribution in [0.25, 0.3) is 0 Å². The third-order valence-electron chi connectivity index (χ3n) is 7.89. The Balaban J connectivity index is 1.59. The number of carbonyl (C=O) groups excluding carboxylic acids is 2. The summed E-state index contributed by atoms with van der Waals surface area (Å²) in [5.74, 6) is -4.33. The Kier molecular flexibility index (Phi) is 9.05. The summed E-state index contributed by atoms with van der Waals surface area (Å²) < 4.78 is 36.0. The highest BCUT2D eigenvalue weighted by molar-refractivity contribution is 6.02. The lowest BCUT2D eigenvalue weighted by Gasteiger charge is -2.32. The van der Waals surface area contributed by atoms with Gasteiger partial charge in [0.1, 0.15) is 11.4 Å². The fourth-order valence-electron chi connectivity index (χ4n) is 5.63. The van der Waals surface area contributed by atoms with Crippen molar-refractivity contribution in [1.82, 2.24) is 15.3 Å². The molecule has 0 unspecified atom stereocenters. The first-order chi connectivity index (χ1) is 20.7. The summed E-state index contributed by atoms with van der Waals surface area (Å²) in [7, 11) is 2.81. The van der Waals surface area contributed by atoms with Gasteiger partial charge in [-0.25, -0.2) is 4.98 Å². The molecule has 0 radical (unpaired) electrons. The molecule has 1 aliphatic carbocycles. The van der Waals surface area contributed by atoms with Crippen LogP contribution in [-0.4, -0.2) is 72.7 Å². The Bertz CT molecular complexity index is 1450. The molecule has 1 aromatic heterocycles. The molecule has 0 atom stereocenters. The molecule has 10 nitrogen and oxygen atoms in total. The van der Waals surface area contributed by atoms with Crippen molar-refractivity contribution >= 4 is 40.6 Å². The molecule has 12 heteroatoms. The van der Waals surface area contributed by atoms with Crippen LogP contribution in [0.3, 0.4) is 0 Å². The van der Waals surface area contributed by atoms with Gasteiger partial charge in [-0.2, -0.15) is 13.8 Å². The number of para-hydroxylation sites is 1. The highest BCUT2D eigenvalue weighted by atomic mass is 19.3. The molecule has 228 valence electrons. The number of anilines is 5. The number of halogens is 2. The van der Waals surface area contributed by atoms with Gasteiger partial charge in [-0.1, -0.05) is 31.0 Å². The number of amides is 2. The number of ether oxygens (including phenoxy) is 1. The van der Waals surface area contributed by atoms with E-state index in [1.807, 2.05) is 30.3 Å². The van der Waals surface area contributed by atoms with Gasteiger partial charge in [0, 0.05) is 37.5 Å². The van der Waals surface area contributed by atoms with E-state index >= 15 is 8.78 Å². The maximum Gasteiger partial charge on any atom is 0.342 e. The zero-order valence-electron chi connectivity index (χ0n) is 24.3. The Morgan fingerprint density at radius 2 is 1.91 bits per heavy atom. The van der Waals surface area contributed by atoms with E-state index in [1.54, 1.807) is 28.0 Å². The topological polar surface area (TPSA) is 111 Å². The molecule has 2 aliphatic rings. The first kappa shape index (κ1) is 30.1. The predicted molar refractivity (Wildman–Crippen MR) is 160 cm³/mol. The predicted octanol–water partition coefficient (Wildman–Crippen LogP) is 4.82. The van der Waals surface area contributed by atoms with E-state index in [-0.39, 0.29) is 36.0 Å². The Morgan fingerprint density at radius 1 is 1.16 bits per heavy atom. The summed E-state index contributed by atoms with van der Waals surface area (Å²) in [5, 5.41) is 11.8. The minimum Gasteiger partial charge on any atom is -0.495 e. The van der Waals surface area contributed by atoms with E-state index in [2.05, 4.69) is 10.3 Å². The zero-order valence-corrected chi connectivity index (χ0v) is 24.3. The number of aliphatic hydroxyl groups excluding tert-OH is 1. The van der Waals surface area contributed by atoms with Gasteiger partial charge in [-0.05, 0) is 56.0 Å². The maximum atomic E-state index is 15.1. The summed E-state index contributed by atoms with van der Waals surface area (Å²) in [6.07, 6.45) is 5.94. The van der Waals surface area contributed by atoms with Crippen LogP contribution in [-0.2, 0) is 4.79 Å². The largest absolute Gasteiger partial charge is 0.495 e. The quantitative estimate of drug-likeness (QED) is 0.322. The summed E-state index contributed by atoms with van der Waals surface area (Å²) in [5.41, 5.74) is 1.81. The van der Waals surface area contributed by atoms with Gasteiger partial charge in [0.15, 0.2) is 5.82 Å². The molecular weight excluding hydrogens is 558 g/mol. The Labute approximate surface area is 249 Å². The number of hydrogen-bond acceptors (Lipinski definition) is 8. The van der Waals surface area contributed by atoms with Gasteiger partial charge < -0.3 is 25.0 Å². The van der Waals surface area contributed by atoms with Gasteiger partial charge in [-0.3, -0.25) is 14.5 Å². The number of hydrogen-bond donors (Lipinski definition) is 2. The van der Waals surface area contributed by atoms with Gasteiger partial charge in [0.05, 0.1) is 25.5 Å². The smallest absolute Gasteiger partial charge is 0.342 e. The molecular formula is C31H36F2N6O4. The second kappa shape index (κ2) is 12.9. The van der Waals surface area contributed by atoms with Crippen molar-refractivity contribution in [3.8, 4) is 5.75 Å². The van der Waals surface area contributed by atoms with Crippen molar-refractivity contribution in [2.45, 2.75) is 50.5 Å². The molecule has 0 spiro atoms. The normalized spacial score (nSPS) is 16.5. The molecule has 1 saturated carbocycles. The summed E-state index contributed by atoms with van der Waals surface area (Å²) in [6.45, 7) is -0.275. The summed E-state index contributed by atoms with van der Waals surface area (Å²) in [6, 6.07) is 14.1. The second-order valence-electron chi connectivity index (χ2n) is 10.8. The summed E-state index contributed by atoms with van der Waals surface area (Å²) >= 11 is 0. The van der Waals surface area contributed by atoms with Gasteiger partial charge in [0.25, 0.3) is 11.8 Å². The summed E-state index contributed by atoms with van der Waals surface area (Å²) in [4.78, 5) is 39.2. The first-order valence-electron chi connectivity index (χ1n) is 14.5. The maximum absolute atomic E-state index is 15.1. The minimum atomic E-state index is -3.59. The molecule has 2 heterocycles. The molecule has 1 aliphatic heterocycles. The number of alkyl halides is 2. The van der Waals surface area contributed by atoms with E-state index in [1.165, 1.54) is 20.4 Å². The minimum absolute atomic E-state index is 0.0614. The highest BCUT2D eigenvalue weighted by Crippen LogP contribution is 2.43. The van der Waals surface area contributed by atoms with Gasteiger partial charge >= 0.3 is 5.92 Å². The second-order valence-corrected chi connectivity index (χ2v) is 10.8. The van der Waals surface area contributed by atoms with Gasteiger partial charge in [0.2, 0.25) is 5.95 Å². The van der Waals surface area contributed by atoms with E-state index in [0.717, 1.165) is 30.6 Å². The third kappa shape index (κ3) is 6.24. The van der Waals surface area contributed by atoms with Crippen LogP contribution >= 0.6 is 0 Å². The molecule has 2 amide bonds. The SMILES string of the molecule is COc1cc(C(=O)NCCCCO)ccc1N(c1ccccc1)c1ncc2c(n1)N(C1CCCC1)CC(F)(F)C(=O)N2C. The fourth-order valence-corrected chi connectivity index (χ4v) is 5.63. The van der Waals surface area contributed by atoms with Crippen LogP contribution in [0.2, 0.25) is 0 Å². The average molecular weight is 595 g/mol. The number of methoxy groups -OCH3 is 1. The number of nitrogens with one attached hydrogen (secondary N) is 1. The third-order valence-corrected chi connectivity index (χ3v) is 7.89. The molecule has 3 aromatic rings. The number of aliphatic hydroxyl groups is 1. The van der Waals surface area contributed by atoms with Crippen LogP contribution in [0.4, 0.5) is 37.6 Å². The number of fused-ring (bicyclic) bond motifs is 1. The average Bonchev–Trinajstić information content (AvgIpc) is 3.55. The van der Waals surface area contributed by atoms with Crippen molar-refractivity contribution in [2.75, 3.05) is 48.6 Å². The van der Waals surface area contributed by atoms with Crippen LogP contribution in [0.5, 0.6) is 5.75 Å². The zero-order chi connectivity index (χ0) is 30.6. The molecule has 2 aromatic carbocycles. The van der Waals surface area contributed by atoms with Gasteiger partial charge in [-0.15, -0.1) is 0 Å². The molecule has 5 rings (SSSR count). The Morgan fingerprint density at radius 3 is 2.60 bits per heavy atom. The standard InChI is InChI=1S/C31H36F2N6O4/c1-37-25-19-35-30(36-27(25)38(22-10-6-7-11-22)20-31(32,33)29(37)42)39(23-12-4-3-5-13-23)24-15-14-21(18-26(24)43-2)28(41)34-16-8-9-17-40/h3-5,12-15,18-19,22,40H,6-11,16-17,20H2,1-2H3,(H,34,41). The van der Waals surface area contributed by atoms with Crippen molar-refractivity contribution in [3.63, 3.8) is 0 Å². The molecule has 0 saturated heterocycles. The fraction of sp³-hybridized carbons (Fsp3) is 0.419. The Hall–Kier alpha value is -4.32. The lowest BCUT2D eigenvalue weighted by atomic mass is 10.1. The number of unbranched alkanes of at least 4 members (excludes halogenated alkanes) is 1. The molecule has 43 heavy (non-hydrogen) atoms. The van der Waals surface area contributed by atoms with Crippen molar-refractivity contribution in [1.29, 1.82) is 0 Å². The van der Waals surface area contributed by atoms with Crippen molar-refractivity contribution in [3.05, 3.63) is 60.3 Å². The van der Waals surface area contributed by atoms with E-state index in [0.29, 0.717) is 42.1 Å². The van der Waals surface area contributed by atoms with E-state index < -0.39 is 18.4 Å². The molecule has 0 bridgehead atoms. The van der Waals surface area contributed by atoms with Crippen molar-refractivity contribution in [2.24, 2.45) is 0 Å². The number of carbonyl (C=O) groups is 2. The number of benzene rings is 2. The number of aromatic nitrogens is 2.